The molecule has 0 fully saturated rings. The number of rotatable bonds is 8. The number of amides is 1. The van der Waals surface area contributed by atoms with Gasteiger partial charge in [-0.2, -0.15) is 0 Å². The third-order valence-corrected chi connectivity index (χ3v) is 2.98. The molecular weight excluding hydrogens is 296 g/mol. The number of nitrogens with one attached hydrogen (secondary N) is 2. The molecule has 1 rings (SSSR count). The molecule has 1 amide bonds. The Morgan fingerprint density at radius 1 is 1.29 bits per heavy atom. The summed E-state index contributed by atoms with van der Waals surface area (Å²) in [5.41, 5.74) is 0.702. The first-order valence-corrected chi connectivity index (χ1v) is 6.83. The summed E-state index contributed by atoms with van der Waals surface area (Å²) in [5.74, 6) is -0.726. The molecule has 7 heteroatoms. The van der Waals surface area contributed by atoms with E-state index in [-0.39, 0.29) is 12.5 Å². The smallest absolute Gasteiger partial charge is 0.337 e. The molecule has 1 aromatic rings. The van der Waals surface area contributed by atoms with Gasteiger partial charge in [-0.15, -0.1) is 0 Å². The third-order valence-electron chi connectivity index (χ3n) is 2.65. The van der Waals surface area contributed by atoms with Gasteiger partial charge in [-0.1, -0.05) is 11.6 Å². The fourth-order valence-corrected chi connectivity index (χ4v) is 1.77. The largest absolute Gasteiger partial charge is 0.465 e. The van der Waals surface area contributed by atoms with Gasteiger partial charge in [-0.05, 0) is 31.2 Å². The number of ether oxygens (including phenoxy) is 2. The number of esters is 1. The summed E-state index contributed by atoms with van der Waals surface area (Å²) >= 11 is 5.99. The molecule has 0 aromatic heterocycles. The maximum absolute atomic E-state index is 11.8. The van der Waals surface area contributed by atoms with Crippen molar-refractivity contribution in [1.82, 2.24) is 5.32 Å². The summed E-state index contributed by atoms with van der Waals surface area (Å²) in [6, 6.07) is 4.55. The topological polar surface area (TPSA) is 76.7 Å². The predicted octanol–water partition coefficient (Wildman–Crippen LogP) is 1.69. The van der Waals surface area contributed by atoms with Gasteiger partial charge in [0.15, 0.2) is 0 Å². The SMILES string of the molecule is COCCCNCC(=O)Nc1cc(C(=O)OC)ccc1Cl. The lowest BCUT2D eigenvalue weighted by Gasteiger charge is -2.09. The highest BCUT2D eigenvalue weighted by Gasteiger charge is 2.11. The Morgan fingerprint density at radius 2 is 2.05 bits per heavy atom. The molecule has 6 nitrogen and oxygen atoms in total. The monoisotopic (exact) mass is 314 g/mol. The van der Waals surface area contributed by atoms with E-state index in [0.717, 1.165) is 6.42 Å². The third kappa shape index (κ3) is 6.12. The molecule has 0 radical (unpaired) electrons. The van der Waals surface area contributed by atoms with E-state index < -0.39 is 5.97 Å². The Labute approximate surface area is 128 Å². The van der Waals surface area contributed by atoms with Gasteiger partial charge >= 0.3 is 5.97 Å². The zero-order chi connectivity index (χ0) is 15.7. The van der Waals surface area contributed by atoms with E-state index in [1.54, 1.807) is 7.11 Å². The average Bonchev–Trinajstić information content (AvgIpc) is 2.48. The van der Waals surface area contributed by atoms with Gasteiger partial charge in [0.1, 0.15) is 0 Å². The van der Waals surface area contributed by atoms with Crippen LogP contribution < -0.4 is 10.6 Å². The van der Waals surface area contributed by atoms with Crippen LogP contribution >= 0.6 is 11.6 Å². The van der Waals surface area contributed by atoms with E-state index >= 15 is 0 Å². The number of carbonyl (C=O) groups is 2. The van der Waals surface area contributed by atoms with Crippen molar-refractivity contribution in [3.63, 3.8) is 0 Å². The molecule has 0 aliphatic heterocycles. The summed E-state index contributed by atoms with van der Waals surface area (Å²) in [6.07, 6.45) is 0.822. The van der Waals surface area contributed by atoms with Crippen molar-refractivity contribution in [3.8, 4) is 0 Å². The number of hydrogen-bond acceptors (Lipinski definition) is 5. The van der Waals surface area contributed by atoms with Gasteiger partial charge < -0.3 is 20.1 Å². The molecule has 0 saturated carbocycles. The molecule has 0 spiro atoms. The molecule has 2 N–H and O–H groups in total. The number of hydrogen-bond donors (Lipinski definition) is 2. The molecular formula is C14H19ClN2O4. The number of anilines is 1. The Morgan fingerprint density at radius 3 is 2.71 bits per heavy atom. The van der Waals surface area contributed by atoms with Crippen molar-refractivity contribution >= 4 is 29.2 Å². The van der Waals surface area contributed by atoms with Crippen molar-refractivity contribution in [1.29, 1.82) is 0 Å². The normalized spacial score (nSPS) is 10.2. The maximum Gasteiger partial charge on any atom is 0.337 e. The van der Waals surface area contributed by atoms with Crippen LogP contribution in [0.25, 0.3) is 0 Å². The van der Waals surface area contributed by atoms with Gasteiger partial charge in [-0.25, -0.2) is 4.79 Å². The van der Waals surface area contributed by atoms with Crippen molar-refractivity contribution in [2.75, 3.05) is 39.2 Å². The minimum atomic E-state index is -0.486. The highest BCUT2D eigenvalue weighted by molar-refractivity contribution is 6.33. The highest BCUT2D eigenvalue weighted by Crippen LogP contribution is 2.23. The van der Waals surface area contributed by atoms with Crippen LogP contribution in [0.3, 0.4) is 0 Å². The van der Waals surface area contributed by atoms with Gasteiger partial charge in [0.25, 0.3) is 0 Å². The lowest BCUT2D eigenvalue weighted by molar-refractivity contribution is -0.115. The number of carbonyl (C=O) groups excluding carboxylic acids is 2. The standard InChI is InChI=1S/C14H19ClN2O4/c1-20-7-3-6-16-9-13(18)17-12-8-10(14(19)21-2)4-5-11(12)15/h4-5,8,16H,3,6-7,9H2,1-2H3,(H,17,18). The zero-order valence-electron chi connectivity index (χ0n) is 12.1. The quantitative estimate of drug-likeness (QED) is 0.564. The first-order chi connectivity index (χ1) is 10.1. The molecule has 0 aliphatic rings. The van der Waals surface area contributed by atoms with Crippen LogP contribution in [-0.4, -0.2) is 45.8 Å². The van der Waals surface area contributed by atoms with Crippen LogP contribution in [0.4, 0.5) is 5.69 Å². The molecule has 0 bridgehead atoms. The van der Waals surface area contributed by atoms with E-state index in [0.29, 0.717) is 29.4 Å². The van der Waals surface area contributed by atoms with E-state index in [9.17, 15) is 9.59 Å². The number of methoxy groups -OCH3 is 2. The molecule has 0 aliphatic carbocycles. The second-order valence-corrected chi connectivity index (χ2v) is 4.66. The van der Waals surface area contributed by atoms with Crippen molar-refractivity contribution < 1.29 is 19.1 Å². The molecule has 0 heterocycles. The zero-order valence-corrected chi connectivity index (χ0v) is 12.8. The van der Waals surface area contributed by atoms with Crippen molar-refractivity contribution in [3.05, 3.63) is 28.8 Å². The second kappa shape index (κ2) is 9.33. The summed E-state index contributed by atoms with van der Waals surface area (Å²) in [5, 5.41) is 5.99. The van der Waals surface area contributed by atoms with Gasteiger partial charge in [0.2, 0.25) is 5.91 Å². The van der Waals surface area contributed by atoms with Crippen LogP contribution in [0.2, 0.25) is 5.02 Å². The molecule has 0 unspecified atom stereocenters. The summed E-state index contributed by atoms with van der Waals surface area (Å²) in [7, 11) is 2.92. The number of halogens is 1. The maximum atomic E-state index is 11.8. The molecule has 0 saturated heterocycles. The minimum Gasteiger partial charge on any atom is -0.465 e. The van der Waals surface area contributed by atoms with Crippen LogP contribution in [0.5, 0.6) is 0 Å². The lowest BCUT2D eigenvalue weighted by atomic mass is 10.2. The lowest BCUT2D eigenvalue weighted by Crippen LogP contribution is -2.29. The predicted molar refractivity (Wildman–Crippen MR) is 80.8 cm³/mol. The number of benzene rings is 1. The molecule has 116 valence electrons. The molecule has 0 atom stereocenters. The van der Waals surface area contributed by atoms with Gasteiger partial charge in [0, 0.05) is 13.7 Å². The van der Waals surface area contributed by atoms with Crippen LogP contribution in [0, 0.1) is 0 Å². The van der Waals surface area contributed by atoms with Crippen LogP contribution in [0.15, 0.2) is 18.2 Å². The summed E-state index contributed by atoms with van der Waals surface area (Å²) < 4.78 is 9.52. The van der Waals surface area contributed by atoms with Gasteiger partial charge in [-0.3, -0.25) is 4.79 Å². The summed E-state index contributed by atoms with van der Waals surface area (Å²) in [6.45, 7) is 1.47. The van der Waals surface area contributed by atoms with Crippen molar-refractivity contribution in [2.45, 2.75) is 6.42 Å². The molecule has 1 aromatic carbocycles. The van der Waals surface area contributed by atoms with E-state index in [1.807, 2.05) is 0 Å². The molecule has 21 heavy (non-hydrogen) atoms. The fraction of sp³-hybridized carbons (Fsp3) is 0.429. The average molecular weight is 315 g/mol. The first-order valence-electron chi connectivity index (χ1n) is 6.46. The van der Waals surface area contributed by atoms with E-state index in [4.69, 9.17) is 16.3 Å². The Hall–Kier alpha value is -1.63. The van der Waals surface area contributed by atoms with E-state index in [1.165, 1.54) is 25.3 Å². The first kappa shape index (κ1) is 17.4. The van der Waals surface area contributed by atoms with Crippen LogP contribution in [-0.2, 0) is 14.3 Å². The second-order valence-electron chi connectivity index (χ2n) is 4.26. The highest BCUT2D eigenvalue weighted by atomic mass is 35.5. The minimum absolute atomic E-state index is 0.155. The van der Waals surface area contributed by atoms with Gasteiger partial charge in [0.05, 0.1) is 29.9 Å². The van der Waals surface area contributed by atoms with Crippen molar-refractivity contribution in [2.24, 2.45) is 0 Å². The summed E-state index contributed by atoms with van der Waals surface area (Å²) in [4.78, 5) is 23.2. The Balaban J connectivity index is 2.53. The Bertz CT molecular complexity index is 494. The van der Waals surface area contributed by atoms with Crippen LogP contribution in [0.1, 0.15) is 16.8 Å². The Kier molecular flexibility index (Phi) is 7.74. The fourth-order valence-electron chi connectivity index (χ4n) is 1.60. The van der Waals surface area contributed by atoms with E-state index in [2.05, 4.69) is 15.4 Å².